The highest BCUT2D eigenvalue weighted by molar-refractivity contribution is 6.01. The molecule has 0 radical (unpaired) electrons. The molecule has 1 fully saturated rings. The molecule has 2 atom stereocenters. The van der Waals surface area contributed by atoms with Gasteiger partial charge in [0.15, 0.2) is 11.5 Å². The van der Waals surface area contributed by atoms with Crippen LogP contribution in [0.4, 0.5) is 13.2 Å². The van der Waals surface area contributed by atoms with Crippen LogP contribution in [0.5, 0.6) is 0 Å². The van der Waals surface area contributed by atoms with Gasteiger partial charge < -0.3 is 9.84 Å². The van der Waals surface area contributed by atoms with E-state index in [1.807, 2.05) is 0 Å². The minimum atomic E-state index is -4.98. The maximum absolute atomic E-state index is 12.1. The molecule has 1 rings (SSSR count). The highest BCUT2D eigenvalue weighted by atomic mass is 19.4. The van der Waals surface area contributed by atoms with E-state index < -0.39 is 29.6 Å². The maximum Gasteiger partial charge on any atom is 0.405 e. The molecule has 4 nitrogen and oxygen atoms in total. The Balaban J connectivity index is 3.10. The van der Waals surface area contributed by atoms with E-state index in [0.717, 1.165) is 0 Å². The number of esters is 2. The predicted octanol–water partition coefficient (Wildman–Crippen LogP) is -0.000700. The molecule has 1 aliphatic rings. The van der Waals surface area contributed by atoms with Crippen molar-refractivity contribution in [3.05, 3.63) is 0 Å². The average molecular weight is 198 g/mol. The second-order valence-electron chi connectivity index (χ2n) is 2.83. The van der Waals surface area contributed by atoms with E-state index in [-0.39, 0.29) is 0 Å². The SMILES string of the molecule is CC1(O)C(=O)OC(=O)C1C(F)(F)F. The molecule has 13 heavy (non-hydrogen) atoms. The number of hydrogen-bond acceptors (Lipinski definition) is 4. The lowest BCUT2D eigenvalue weighted by Gasteiger charge is -2.20. The smallest absolute Gasteiger partial charge is 0.390 e. The zero-order valence-electron chi connectivity index (χ0n) is 6.38. The van der Waals surface area contributed by atoms with Crippen molar-refractivity contribution in [3.8, 4) is 0 Å². The van der Waals surface area contributed by atoms with Crippen molar-refractivity contribution >= 4 is 11.9 Å². The van der Waals surface area contributed by atoms with Gasteiger partial charge in [-0.05, 0) is 6.92 Å². The fraction of sp³-hybridized carbons (Fsp3) is 0.667. The van der Waals surface area contributed by atoms with Gasteiger partial charge >= 0.3 is 18.1 Å². The molecule has 0 aromatic heterocycles. The average Bonchev–Trinajstić information content (AvgIpc) is 1.99. The van der Waals surface area contributed by atoms with Crippen LogP contribution in [-0.4, -0.2) is 28.8 Å². The van der Waals surface area contributed by atoms with E-state index in [1.165, 1.54) is 0 Å². The number of alkyl halides is 3. The summed E-state index contributed by atoms with van der Waals surface area (Å²) in [5, 5.41) is 9.01. The second kappa shape index (κ2) is 2.44. The summed E-state index contributed by atoms with van der Waals surface area (Å²) in [5.41, 5.74) is -2.81. The first-order valence-corrected chi connectivity index (χ1v) is 3.22. The van der Waals surface area contributed by atoms with E-state index in [1.54, 1.807) is 0 Å². The Kier molecular flexibility index (Phi) is 1.87. The van der Waals surface area contributed by atoms with E-state index in [4.69, 9.17) is 5.11 Å². The molecule has 0 aromatic carbocycles. The van der Waals surface area contributed by atoms with Crippen LogP contribution in [0.15, 0.2) is 0 Å². The van der Waals surface area contributed by atoms with Gasteiger partial charge in [0.25, 0.3) is 0 Å². The topological polar surface area (TPSA) is 63.6 Å². The van der Waals surface area contributed by atoms with E-state index in [0.29, 0.717) is 6.92 Å². The van der Waals surface area contributed by atoms with Crippen LogP contribution in [0.2, 0.25) is 0 Å². The van der Waals surface area contributed by atoms with Gasteiger partial charge in [-0.3, -0.25) is 4.79 Å². The van der Waals surface area contributed by atoms with E-state index >= 15 is 0 Å². The summed E-state index contributed by atoms with van der Waals surface area (Å²) in [5.74, 6) is -6.12. The minimum Gasteiger partial charge on any atom is -0.390 e. The van der Waals surface area contributed by atoms with Gasteiger partial charge in [-0.2, -0.15) is 13.2 Å². The number of cyclic esters (lactones) is 2. The van der Waals surface area contributed by atoms with Crippen molar-refractivity contribution in [3.63, 3.8) is 0 Å². The standard InChI is InChI=1S/C6H5F3O4/c1-5(12)2(6(7,8)9)3(10)13-4(5)11/h2,12H,1H3. The third kappa shape index (κ3) is 1.39. The predicted molar refractivity (Wildman–Crippen MR) is 31.3 cm³/mol. The molecule has 0 bridgehead atoms. The van der Waals surface area contributed by atoms with Crippen LogP contribution >= 0.6 is 0 Å². The molecule has 74 valence electrons. The summed E-state index contributed by atoms with van der Waals surface area (Å²) in [4.78, 5) is 21.1. The molecule has 0 amide bonds. The number of rotatable bonds is 0. The second-order valence-corrected chi connectivity index (χ2v) is 2.83. The summed E-state index contributed by atoms with van der Waals surface area (Å²) in [6.45, 7) is 0.596. The number of halogens is 3. The van der Waals surface area contributed by atoms with Gasteiger partial charge in [-0.15, -0.1) is 0 Å². The quantitative estimate of drug-likeness (QED) is 0.439. The van der Waals surface area contributed by atoms with E-state index in [2.05, 4.69) is 4.74 Å². The molecule has 0 aromatic rings. The Hall–Kier alpha value is -1.11. The van der Waals surface area contributed by atoms with Gasteiger partial charge in [-0.1, -0.05) is 0 Å². The molecular formula is C6H5F3O4. The van der Waals surface area contributed by atoms with Crippen LogP contribution in [-0.2, 0) is 14.3 Å². The zero-order chi connectivity index (χ0) is 10.4. The van der Waals surface area contributed by atoms with Crippen molar-refractivity contribution in [2.24, 2.45) is 5.92 Å². The first-order valence-electron chi connectivity index (χ1n) is 3.22. The molecular weight excluding hydrogens is 193 g/mol. The molecule has 1 heterocycles. The lowest BCUT2D eigenvalue weighted by Crippen LogP contribution is -2.46. The Bertz CT molecular complexity index is 268. The van der Waals surface area contributed by atoms with Crippen molar-refractivity contribution in [1.29, 1.82) is 0 Å². The first kappa shape index (κ1) is 9.97. The van der Waals surface area contributed by atoms with Crippen molar-refractivity contribution < 1.29 is 32.6 Å². The normalized spacial score (nSPS) is 35.0. The summed E-state index contributed by atoms with van der Waals surface area (Å²) < 4.78 is 39.9. The lowest BCUT2D eigenvalue weighted by atomic mass is 9.91. The summed E-state index contributed by atoms with van der Waals surface area (Å²) >= 11 is 0. The van der Waals surface area contributed by atoms with Gasteiger partial charge in [0.1, 0.15) is 0 Å². The third-order valence-corrected chi connectivity index (χ3v) is 1.73. The number of aliphatic hydroxyl groups is 1. The van der Waals surface area contributed by atoms with Crippen LogP contribution < -0.4 is 0 Å². The maximum atomic E-state index is 12.1. The monoisotopic (exact) mass is 198 g/mol. The summed E-state index contributed by atoms with van der Waals surface area (Å²) in [6.07, 6.45) is -4.98. The van der Waals surface area contributed by atoms with E-state index in [9.17, 15) is 22.8 Å². The molecule has 1 aliphatic heterocycles. The Morgan fingerprint density at radius 2 is 1.92 bits per heavy atom. The van der Waals surface area contributed by atoms with Gasteiger partial charge in [0.05, 0.1) is 0 Å². The zero-order valence-corrected chi connectivity index (χ0v) is 6.38. The fourth-order valence-corrected chi connectivity index (χ4v) is 1.05. The molecule has 0 aliphatic carbocycles. The molecule has 0 saturated carbocycles. The molecule has 7 heteroatoms. The summed E-state index contributed by atoms with van der Waals surface area (Å²) in [7, 11) is 0. The van der Waals surface area contributed by atoms with Gasteiger partial charge in [-0.25, -0.2) is 4.79 Å². The van der Waals surface area contributed by atoms with Gasteiger partial charge in [0.2, 0.25) is 0 Å². The largest absolute Gasteiger partial charge is 0.405 e. The summed E-state index contributed by atoms with van der Waals surface area (Å²) in [6, 6.07) is 0. The van der Waals surface area contributed by atoms with Crippen molar-refractivity contribution in [2.45, 2.75) is 18.7 Å². The van der Waals surface area contributed by atoms with Crippen LogP contribution in [0, 0.1) is 5.92 Å². The number of ether oxygens (including phenoxy) is 1. The van der Waals surface area contributed by atoms with Crippen LogP contribution in [0.25, 0.3) is 0 Å². The Morgan fingerprint density at radius 1 is 1.46 bits per heavy atom. The highest BCUT2D eigenvalue weighted by Crippen LogP contribution is 2.40. The Labute approximate surface area is 70.3 Å². The fourth-order valence-electron chi connectivity index (χ4n) is 1.05. The van der Waals surface area contributed by atoms with Crippen molar-refractivity contribution in [2.75, 3.05) is 0 Å². The highest BCUT2D eigenvalue weighted by Gasteiger charge is 2.65. The number of hydrogen-bond donors (Lipinski definition) is 1. The number of carbonyl (C=O) groups excluding carboxylic acids is 2. The number of carbonyl (C=O) groups is 2. The molecule has 0 spiro atoms. The first-order chi connectivity index (χ1) is 5.67. The van der Waals surface area contributed by atoms with Crippen LogP contribution in [0.3, 0.4) is 0 Å². The lowest BCUT2D eigenvalue weighted by molar-refractivity contribution is -0.210. The Morgan fingerprint density at radius 3 is 2.08 bits per heavy atom. The molecule has 1 saturated heterocycles. The minimum absolute atomic E-state index is 0.596. The molecule has 2 unspecified atom stereocenters. The van der Waals surface area contributed by atoms with Crippen molar-refractivity contribution in [1.82, 2.24) is 0 Å². The third-order valence-electron chi connectivity index (χ3n) is 1.73. The van der Waals surface area contributed by atoms with Gasteiger partial charge in [0, 0.05) is 0 Å². The van der Waals surface area contributed by atoms with Crippen LogP contribution in [0.1, 0.15) is 6.92 Å². The molecule has 1 N–H and O–H groups in total.